The Balaban J connectivity index is 0.000000331. The lowest BCUT2D eigenvalue weighted by Gasteiger charge is -2.16. The highest BCUT2D eigenvalue weighted by atomic mass is 19.1. The van der Waals surface area contributed by atoms with E-state index in [0.717, 1.165) is 30.1 Å². The highest BCUT2D eigenvalue weighted by molar-refractivity contribution is 5.38. The number of pyridine rings is 1. The maximum atomic E-state index is 14.2. The Bertz CT molecular complexity index is 852. The van der Waals surface area contributed by atoms with Crippen molar-refractivity contribution in [2.75, 3.05) is 54.5 Å². The molecule has 2 rings (SSSR count). The number of aryl methyl sites for hydroxylation is 2. The molecule has 5 nitrogen and oxygen atoms in total. The Morgan fingerprint density at radius 1 is 0.848 bits per heavy atom. The molecule has 0 radical (unpaired) electrons. The van der Waals surface area contributed by atoms with Gasteiger partial charge in [0.25, 0.3) is 0 Å². The molecule has 1 aromatic carbocycles. The van der Waals surface area contributed by atoms with Crippen LogP contribution in [0.5, 0.6) is 11.6 Å². The third-order valence-electron chi connectivity index (χ3n) is 5.27. The van der Waals surface area contributed by atoms with Gasteiger partial charge in [-0.3, -0.25) is 0 Å². The summed E-state index contributed by atoms with van der Waals surface area (Å²) in [5, 5.41) is 0. The highest BCUT2D eigenvalue weighted by Gasteiger charge is 2.15. The van der Waals surface area contributed by atoms with Gasteiger partial charge in [-0.15, -0.1) is 0 Å². The number of hydrogen-bond acceptors (Lipinski definition) is 5. The third kappa shape index (κ3) is 10.1. The molecule has 0 fully saturated rings. The van der Waals surface area contributed by atoms with E-state index in [0.29, 0.717) is 24.9 Å². The lowest BCUT2D eigenvalue weighted by molar-refractivity contribution is 0.251. The van der Waals surface area contributed by atoms with E-state index in [1.54, 1.807) is 6.07 Å². The molecule has 0 aliphatic carbocycles. The van der Waals surface area contributed by atoms with Crippen molar-refractivity contribution in [2.45, 2.75) is 53.4 Å². The minimum atomic E-state index is -0.209. The predicted octanol–water partition coefficient (Wildman–Crippen LogP) is 5.65. The van der Waals surface area contributed by atoms with E-state index < -0.39 is 0 Å². The fraction of sp³-hybridized carbons (Fsp3) is 0.593. The van der Waals surface area contributed by atoms with Crippen molar-refractivity contribution < 1.29 is 13.9 Å². The monoisotopic (exact) mass is 461 g/mol. The largest absolute Gasteiger partial charge is 0.489 e. The summed E-state index contributed by atoms with van der Waals surface area (Å²) in [6.45, 7) is 15.3. The molecule has 0 unspecified atom stereocenters. The number of benzene rings is 1. The molecule has 186 valence electrons. The Hall–Kier alpha value is -2.18. The van der Waals surface area contributed by atoms with Crippen molar-refractivity contribution in [3.63, 3.8) is 0 Å². The van der Waals surface area contributed by atoms with Gasteiger partial charge >= 0.3 is 0 Å². The lowest BCUT2D eigenvalue weighted by atomic mass is 9.97. The van der Waals surface area contributed by atoms with Crippen LogP contribution in [0, 0.1) is 19.7 Å². The van der Waals surface area contributed by atoms with Crippen LogP contribution in [0.4, 0.5) is 4.39 Å². The number of nitrogens with zero attached hydrogens (tertiary/aromatic N) is 3. The molecule has 1 aromatic heterocycles. The Morgan fingerprint density at radius 3 is 1.94 bits per heavy atom. The van der Waals surface area contributed by atoms with E-state index >= 15 is 0 Å². The van der Waals surface area contributed by atoms with Crippen LogP contribution in [0.2, 0.25) is 0 Å². The summed E-state index contributed by atoms with van der Waals surface area (Å²) in [6.07, 6.45) is 1.89. The molecule has 0 bridgehead atoms. The summed E-state index contributed by atoms with van der Waals surface area (Å²) in [6, 6.07) is 5.69. The third-order valence-corrected chi connectivity index (χ3v) is 5.27. The average Bonchev–Trinajstić information content (AvgIpc) is 2.70. The van der Waals surface area contributed by atoms with Gasteiger partial charge in [-0.05, 0) is 82.2 Å². The van der Waals surface area contributed by atoms with Crippen LogP contribution in [0.1, 0.15) is 61.8 Å². The van der Waals surface area contributed by atoms with E-state index in [1.165, 1.54) is 11.1 Å². The van der Waals surface area contributed by atoms with Crippen LogP contribution in [0.25, 0.3) is 0 Å². The second-order valence-corrected chi connectivity index (χ2v) is 9.60. The molecular weight excluding hydrogens is 417 g/mol. The standard InChI is InChI=1S/C14H22FNO.C13H22N2O/c1-10(2)13-11(3)6-7-12(14(13)15)17-9-8-16(4)5;1-10(2)12-8-13(14-9-11(12)3)16-7-6-15(4)5/h6-7,10H,8-9H2,1-5H3;8-10H,6-7H2,1-5H3. The van der Waals surface area contributed by atoms with Crippen LogP contribution in [-0.2, 0) is 0 Å². The zero-order chi connectivity index (χ0) is 25.1. The second-order valence-electron chi connectivity index (χ2n) is 9.60. The molecule has 33 heavy (non-hydrogen) atoms. The van der Waals surface area contributed by atoms with Crippen molar-refractivity contribution in [3.05, 3.63) is 52.5 Å². The summed E-state index contributed by atoms with van der Waals surface area (Å²) in [7, 11) is 8.00. The first-order chi connectivity index (χ1) is 15.4. The summed E-state index contributed by atoms with van der Waals surface area (Å²) in [5.74, 6) is 1.57. The van der Waals surface area contributed by atoms with E-state index in [2.05, 4.69) is 36.7 Å². The highest BCUT2D eigenvalue weighted by Crippen LogP contribution is 2.29. The number of halogens is 1. The number of hydrogen-bond donors (Lipinski definition) is 0. The van der Waals surface area contributed by atoms with Gasteiger partial charge in [-0.1, -0.05) is 33.8 Å². The van der Waals surface area contributed by atoms with Gasteiger partial charge in [0.15, 0.2) is 11.6 Å². The fourth-order valence-electron chi connectivity index (χ4n) is 3.38. The first-order valence-corrected chi connectivity index (χ1v) is 11.7. The van der Waals surface area contributed by atoms with Crippen molar-refractivity contribution in [2.24, 2.45) is 0 Å². The van der Waals surface area contributed by atoms with Gasteiger partial charge in [0, 0.05) is 25.4 Å². The van der Waals surface area contributed by atoms with E-state index in [9.17, 15) is 4.39 Å². The minimum absolute atomic E-state index is 0.174. The van der Waals surface area contributed by atoms with Crippen molar-refractivity contribution in [3.8, 4) is 11.6 Å². The first kappa shape index (κ1) is 28.9. The maximum absolute atomic E-state index is 14.2. The maximum Gasteiger partial charge on any atom is 0.213 e. The Labute approximate surface area is 200 Å². The molecular formula is C27H44FN3O2. The van der Waals surface area contributed by atoms with Gasteiger partial charge in [-0.2, -0.15) is 0 Å². The summed E-state index contributed by atoms with van der Waals surface area (Å²) in [5.41, 5.74) is 4.29. The molecule has 0 saturated carbocycles. The zero-order valence-electron chi connectivity index (χ0n) is 22.3. The summed E-state index contributed by atoms with van der Waals surface area (Å²) >= 11 is 0. The van der Waals surface area contributed by atoms with Gasteiger partial charge in [0.1, 0.15) is 13.2 Å². The van der Waals surface area contributed by atoms with E-state index in [1.807, 2.05) is 66.1 Å². The molecule has 1 heterocycles. The van der Waals surface area contributed by atoms with Gasteiger partial charge < -0.3 is 19.3 Å². The smallest absolute Gasteiger partial charge is 0.213 e. The van der Waals surface area contributed by atoms with Crippen LogP contribution in [0.3, 0.4) is 0 Å². The predicted molar refractivity (Wildman–Crippen MR) is 136 cm³/mol. The van der Waals surface area contributed by atoms with E-state index in [4.69, 9.17) is 9.47 Å². The number of ether oxygens (including phenoxy) is 2. The second kappa shape index (κ2) is 14.2. The Kier molecular flexibility index (Phi) is 12.4. The number of aromatic nitrogens is 1. The number of rotatable bonds is 10. The van der Waals surface area contributed by atoms with Crippen molar-refractivity contribution in [1.29, 1.82) is 0 Å². The minimum Gasteiger partial charge on any atom is -0.489 e. The topological polar surface area (TPSA) is 37.8 Å². The average molecular weight is 462 g/mol. The summed E-state index contributed by atoms with van der Waals surface area (Å²) in [4.78, 5) is 8.38. The Morgan fingerprint density at radius 2 is 1.42 bits per heavy atom. The first-order valence-electron chi connectivity index (χ1n) is 11.7. The molecule has 0 aliphatic rings. The van der Waals surface area contributed by atoms with Crippen LogP contribution in [0.15, 0.2) is 24.4 Å². The SMILES string of the molecule is Cc1ccc(OCCN(C)C)c(F)c1C(C)C.Cc1cnc(OCCN(C)C)cc1C(C)C. The number of likely N-dealkylation sites (N-methyl/N-ethyl adjacent to an activating group) is 2. The normalized spacial score (nSPS) is 11.2. The summed E-state index contributed by atoms with van der Waals surface area (Å²) < 4.78 is 25.3. The molecule has 0 spiro atoms. The van der Waals surface area contributed by atoms with Crippen LogP contribution < -0.4 is 9.47 Å². The van der Waals surface area contributed by atoms with Gasteiger partial charge in [0.05, 0.1) is 0 Å². The van der Waals surface area contributed by atoms with Crippen molar-refractivity contribution >= 4 is 0 Å². The molecule has 2 aromatic rings. The van der Waals surface area contributed by atoms with Gasteiger partial charge in [-0.25, -0.2) is 9.37 Å². The molecule has 6 heteroatoms. The lowest BCUT2D eigenvalue weighted by Crippen LogP contribution is -2.19. The quantitative estimate of drug-likeness (QED) is 0.457. The molecule has 0 atom stereocenters. The van der Waals surface area contributed by atoms with E-state index in [-0.39, 0.29) is 11.7 Å². The molecule has 0 saturated heterocycles. The van der Waals surface area contributed by atoms with Gasteiger partial charge in [0.2, 0.25) is 5.88 Å². The van der Waals surface area contributed by atoms with Crippen LogP contribution >= 0.6 is 0 Å². The van der Waals surface area contributed by atoms with Crippen molar-refractivity contribution in [1.82, 2.24) is 14.8 Å². The molecule has 0 amide bonds. The molecule has 0 N–H and O–H groups in total. The molecule has 0 aliphatic heterocycles. The fourth-order valence-corrected chi connectivity index (χ4v) is 3.38. The van der Waals surface area contributed by atoms with Crippen LogP contribution in [-0.4, -0.2) is 69.3 Å². The zero-order valence-corrected chi connectivity index (χ0v) is 22.3.